The Morgan fingerprint density at radius 3 is 2.59 bits per heavy atom. The summed E-state index contributed by atoms with van der Waals surface area (Å²) in [5.74, 6) is 0.324. The zero-order valence-corrected chi connectivity index (χ0v) is 16.0. The predicted octanol–water partition coefficient (Wildman–Crippen LogP) is 3.54. The minimum atomic E-state index is -0.720. The van der Waals surface area contributed by atoms with Gasteiger partial charge >= 0.3 is 0 Å². The highest BCUT2D eigenvalue weighted by Crippen LogP contribution is 2.28. The molecule has 2 aromatic carbocycles. The van der Waals surface area contributed by atoms with E-state index in [-0.39, 0.29) is 18.2 Å². The van der Waals surface area contributed by atoms with Crippen molar-refractivity contribution < 1.29 is 9.59 Å². The number of hydrogen-bond donors (Lipinski definition) is 2. The number of nitrogens with zero attached hydrogens (tertiary/aromatic N) is 3. The van der Waals surface area contributed by atoms with E-state index < -0.39 is 6.04 Å². The molecule has 0 bridgehead atoms. The van der Waals surface area contributed by atoms with Crippen LogP contribution in [0.4, 0.5) is 11.6 Å². The number of amides is 2. The molecule has 136 valence electrons. The van der Waals surface area contributed by atoms with Crippen molar-refractivity contribution >= 4 is 39.4 Å². The number of carbonyl (C=O) groups excluding carboxylic acids is 2. The van der Waals surface area contributed by atoms with Crippen molar-refractivity contribution in [3.8, 4) is 11.4 Å². The van der Waals surface area contributed by atoms with Gasteiger partial charge in [0.25, 0.3) is 5.91 Å². The number of benzene rings is 2. The number of anilines is 2. The van der Waals surface area contributed by atoms with Crippen LogP contribution in [-0.4, -0.2) is 26.6 Å². The standard InChI is InChI=1S/C19H16BrN5O2/c1-11-2-4-12(5-3-11)17-22-19-23-18(27)15(25(19)24-17)10-16(26)21-14-8-6-13(20)7-9-14/h2-9,15H,10H2,1H3,(H,21,26)(H,22,23,24,27). The number of carbonyl (C=O) groups is 2. The molecule has 0 fully saturated rings. The number of rotatable bonds is 4. The van der Waals surface area contributed by atoms with E-state index in [0.717, 1.165) is 15.6 Å². The molecule has 2 N–H and O–H groups in total. The first-order chi connectivity index (χ1) is 13.0. The Morgan fingerprint density at radius 2 is 1.89 bits per heavy atom. The summed E-state index contributed by atoms with van der Waals surface area (Å²) in [6.07, 6.45) is -0.0222. The van der Waals surface area contributed by atoms with Gasteiger partial charge in [0.2, 0.25) is 11.9 Å². The first-order valence-corrected chi connectivity index (χ1v) is 9.19. The molecule has 0 aliphatic carbocycles. The molecule has 1 aliphatic heterocycles. The summed E-state index contributed by atoms with van der Waals surface area (Å²) in [5, 5.41) is 9.91. The molecule has 1 aliphatic rings. The number of aromatic nitrogens is 3. The van der Waals surface area contributed by atoms with Crippen LogP contribution >= 0.6 is 15.9 Å². The van der Waals surface area contributed by atoms with Gasteiger partial charge in [0.1, 0.15) is 6.04 Å². The quantitative estimate of drug-likeness (QED) is 0.668. The topological polar surface area (TPSA) is 88.9 Å². The highest BCUT2D eigenvalue weighted by atomic mass is 79.9. The molecule has 0 saturated heterocycles. The SMILES string of the molecule is Cc1ccc(-c2nc3n(n2)C(CC(=O)Nc2ccc(Br)cc2)C(=O)N3)cc1. The van der Waals surface area contributed by atoms with Gasteiger partial charge in [-0.3, -0.25) is 14.9 Å². The van der Waals surface area contributed by atoms with E-state index in [2.05, 4.69) is 36.6 Å². The molecule has 1 unspecified atom stereocenters. The normalized spacial score (nSPS) is 15.3. The smallest absolute Gasteiger partial charge is 0.252 e. The van der Waals surface area contributed by atoms with Gasteiger partial charge < -0.3 is 5.32 Å². The third-order valence-corrected chi connectivity index (χ3v) is 4.81. The van der Waals surface area contributed by atoms with Crippen LogP contribution in [0.3, 0.4) is 0 Å². The summed E-state index contributed by atoms with van der Waals surface area (Å²) in [6, 6.07) is 14.3. The molecular weight excluding hydrogens is 410 g/mol. The fourth-order valence-corrected chi connectivity index (χ4v) is 3.12. The summed E-state index contributed by atoms with van der Waals surface area (Å²) < 4.78 is 2.41. The van der Waals surface area contributed by atoms with Crippen molar-refractivity contribution in [2.75, 3.05) is 10.6 Å². The lowest BCUT2D eigenvalue weighted by atomic mass is 10.1. The Labute approximate surface area is 163 Å². The molecule has 8 heteroatoms. The molecule has 3 aromatic rings. The molecule has 0 saturated carbocycles. The minimum Gasteiger partial charge on any atom is -0.326 e. The average Bonchev–Trinajstić information content (AvgIpc) is 3.17. The van der Waals surface area contributed by atoms with E-state index in [9.17, 15) is 9.59 Å². The van der Waals surface area contributed by atoms with Crippen LogP contribution in [0.2, 0.25) is 0 Å². The lowest BCUT2D eigenvalue weighted by Crippen LogP contribution is -2.23. The maximum absolute atomic E-state index is 12.4. The minimum absolute atomic E-state index is 0.0222. The maximum Gasteiger partial charge on any atom is 0.252 e. The van der Waals surface area contributed by atoms with Gasteiger partial charge in [-0.05, 0) is 31.2 Å². The molecule has 2 heterocycles. The Morgan fingerprint density at radius 1 is 1.19 bits per heavy atom. The van der Waals surface area contributed by atoms with E-state index in [1.54, 1.807) is 12.1 Å². The molecule has 4 rings (SSSR count). The van der Waals surface area contributed by atoms with Gasteiger partial charge in [-0.1, -0.05) is 45.8 Å². The van der Waals surface area contributed by atoms with Gasteiger partial charge in [-0.15, -0.1) is 5.10 Å². The van der Waals surface area contributed by atoms with Crippen LogP contribution < -0.4 is 10.6 Å². The monoisotopic (exact) mass is 425 g/mol. The first-order valence-electron chi connectivity index (χ1n) is 8.39. The summed E-state index contributed by atoms with van der Waals surface area (Å²) in [6.45, 7) is 2.00. The molecule has 1 atom stereocenters. The summed E-state index contributed by atoms with van der Waals surface area (Å²) in [5.41, 5.74) is 2.66. The number of hydrogen-bond acceptors (Lipinski definition) is 4. The van der Waals surface area contributed by atoms with Gasteiger partial charge in [0.05, 0.1) is 6.42 Å². The van der Waals surface area contributed by atoms with Crippen LogP contribution in [0, 0.1) is 6.92 Å². The van der Waals surface area contributed by atoms with E-state index in [4.69, 9.17) is 0 Å². The molecule has 7 nitrogen and oxygen atoms in total. The average molecular weight is 426 g/mol. The van der Waals surface area contributed by atoms with Crippen molar-refractivity contribution in [1.29, 1.82) is 0 Å². The fraction of sp³-hybridized carbons (Fsp3) is 0.158. The third-order valence-electron chi connectivity index (χ3n) is 4.28. The van der Waals surface area contributed by atoms with Crippen molar-refractivity contribution in [3.63, 3.8) is 0 Å². The second-order valence-electron chi connectivity index (χ2n) is 6.33. The van der Waals surface area contributed by atoms with Crippen molar-refractivity contribution in [2.24, 2.45) is 0 Å². The molecule has 2 amide bonds. The number of halogens is 1. The zero-order chi connectivity index (χ0) is 19.0. The van der Waals surface area contributed by atoms with Crippen LogP contribution in [0.1, 0.15) is 18.0 Å². The maximum atomic E-state index is 12.4. The van der Waals surface area contributed by atoms with E-state index >= 15 is 0 Å². The highest BCUT2D eigenvalue weighted by molar-refractivity contribution is 9.10. The molecule has 0 radical (unpaired) electrons. The van der Waals surface area contributed by atoms with Crippen LogP contribution in [-0.2, 0) is 9.59 Å². The van der Waals surface area contributed by atoms with Gasteiger partial charge in [-0.2, -0.15) is 4.98 Å². The number of fused-ring (bicyclic) bond motifs is 1. The summed E-state index contributed by atoms with van der Waals surface area (Å²) in [4.78, 5) is 29.0. The second-order valence-corrected chi connectivity index (χ2v) is 7.25. The van der Waals surface area contributed by atoms with Crippen molar-refractivity contribution in [2.45, 2.75) is 19.4 Å². The Balaban J connectivity index is 1.51. The molecule has 0 spiro atoms. The van der Waals surface area contributed by atoms with E-state index in [1.807, 2.05) is 43.3 Å². The molecule has 27 heavy (non-hydrogen) atoms. The Hall–Kier alpha value is -3.00. The lowest BCUT2D eigenvalue weighted by Gasteiger charge is -2.10. The lowest BCUT2D eigenvalue weighted by molar-refractivity contribution is -0.123. The molecule has 1 aromatic heterocycles. The molecular formula is C19H16BrN5O2. The first kappa shape index (κ1) is 17.4. The number of nitrogens with one attached hydrogen (secondary N) is 2. The van der Waals surface area contributed by atoms with Crippen molar-refractivity contribution in [3.05, 3.63) is 58.6 Å². The fourth-order valence-electron chi connectivity index (χ4n) is 2.86. The third kappa shape index (κ3) is 3.61. The van der Waals surface area contributed by atoms with Crippen molar-refractivity contribution in [1.82, 2.24) is 14.8 Å². The summed E-state index contributed by atoms with van der Waals surface area (Å²) in [7, 11) is 0. The Kier molecular flexibility index (Phi) is 4.49. The Bertz CT molecular complexity index is 1010. The van der Waals surface area contributed by atoms with Crippen LogP contribution in [0.25, 0.3) is 11.4 Å². The van der Waals surface area contributed by atoms with Crippen LogP contribution in [0.15, 0.2) is 53.0 Å². The summed E-state index contributed by atoms with van der Waals surface area (Å²) >= 11 is 3.35. The van der Waals surface area contributed by atoms with E-state index in [1.165, 1.54) is 4.68 Å². The largest absolute Gasteiger partial charge is 0.326 e. The van der Waals surface area contributed by atoms with Crippen LogP contribution in [0.5, 0.6) is 0 Å². The van der Waals surface area contributed by atoms with E-state index in [0.29, 0.717) is 17.5 Å². The highest BCUT2D eigenvalue weighted by Gasteiger charge is 2.35. The number of aryl methyl sites for hydroxylation is 1. The second kappa shape index (κ2) is 6.96. The van der Waals surface area contributed by atoms with Gasteiger partial charge in [-0.25, -0.2) is 4.68 Å². The zero-order valence-electron chi connectivity index (χ0n) is 14.4. The predicted molar refractivity (Wildman–Crippen MR) is 105 cm³/mol. The van der Waals surface area contributed by atoms with Gasteiger partial charge in [0, 0.05) is 15.7 Å². The van der Waals surface area contributed by atoms with Gasteiger partial charge in [0.15, 0.2) is 5.82 Å².